The van der Waals surface area contributed by atoms with Crippen LogP contribution in [0.3, 0.4) is 0 Å². The highest BCUT2D eigenvalue weighted by atomic mass is 16.7. The number of rotatable bonds is 14. The highest BCUT2D eigenvalue weighted by molar-refractivity contribution is 5.69. The van der Waals surface area contributed by atoms with Crippen molar-refractivity contribution in [3.05, 3.63) is 125 Å². The van der Waals surface area contributed by atoms with E-state index in [0.29, 0.717) is 30.1 Å². The lowest BCUT2D eigenvalue weighted by atomic mass is 9.78. The molecule has 4 rings (SSSR count). The Labute approximate surface area is 250 Å². The maximum absolute atomic E-state index is 11.3. The molecule has 0 saturated carbocycles. The van der Waals surface area contributed by atoms with E-state index in [2.05, 4.69) is 26.0 Å². The standard InChI is InChI=1S/C37H42O5/c1-5-30(32-15-21-37(22-16-32)42-28(4)40-25-29-9-7-6-8-10-29)24-34(33-11-17-35(39)18-12-33)23-26(2)31-13-19-36(20-14-31)41-27(3)38/h6-22,26,28,30,34,39H,5,23-25H2,1-4H3. The molecular formula is C37H42O5. The lowest BCUT2D eigenvalue weighted by Gasteiger charge is -2.27. The lowest BCUT2D eigenvalue weighted by molar-refractivity contribution is -0.131. The first kappa shape index (κ1) is 30.9. The Kier molecular flexibility index (Phi) is 11.2. The summed E-state index contributed by atoms with van der Waals surface area (Å²) in [4.78, 5) is 11.3. The maximum Gasteiger partial charge on any atom is 0.308 e. The van der Waals surface area contributed by atoms with E-state index >= 15 is 0 Å². The number of hydrogen-bond acceptors (Lipinski definition) is 5. The number of carbonyl (C=O) groups excluding carboxylic acids is 1. The fourth-order valence-corrected chi connectivity index (χ4v) is 5.42. The molecule has 0 heterocycles. The summed E-state index contributed by atoms with van der Waals surface area (Å²) in [5.74, 6) is 2.25. The lowest BCUT2D eigenvalue weighted by Crippen LogP contribution is -2.16. The first-order chi connectivity index (χ1) is 20.3. The number of phenolic OH excluding ortho intramolecular Hbond substituents is 1. The summed E-state index contributed by atoms with van der Waals surface area (Å²) < 4.78 is 17.1. The van der Waals surface area contributed by atoms with Crippen LogP contribution in [0.15, 0.2) is 103 Å². The van der Waals surface area contributed by atoms with Gasteiger partial charge in [-0.25, -0.2) is 0 Å². The van der Waals surface area contributed by atoms with Crippen LogP contribution in [0.2, 0.25) is 0 Å². The molecule has 4 aromatic carbocycles. The fraction of sp³-hybridized carbons (Fsp3) is 0.324. The molecule has 4 atom stereocenters. The third-order valence-corrected chi connectivity index (χ3v) is 7.76. The van der Waals surface area contributed by atoms with E-state index in [0.717, 1.165) is 30.6 Å². The van der Waals surface area contributed by atoms with E-state index in [4.69, 9.17) is 14.2 Å². The largest absolute Gasteiger partial charge is 0.508 e. The Bertz CT molecular complexity index is 1360. The van der Waals surface area contributed by atoms with Crippen molar-refractivity contribution in [3.63, 3.8) is 0 Å². The van der Waals surface area contributed by atoms with Crippen LogP contribution >= 0.6 is 0 Å². The number of hydrogen-bond donors (Lipinski definition) is 1. The fourth-order valence-electron chi connectivity index (χ4n) is 5.42. The zero-order chi connectivity index (χ0) is 29.9. The number of phenols is 1. The van der Waals surface area contributed by atoms with Crippen molar-refractivity contribution >= 4 is 5.97 Å². The van der Waals surface area contributed by atoms with Crippen LogP contribution in [0.4, 0.5) is 0 Å². The molecule has 5 nitrogen and oxygen atoms in total. The molecule has 4 aromatic rings. The molecule has 0 spiro atoms. The van der Waals surface area contributed by atoms with Crippen molar-refractivity contribution < 1.29 is 24.1 Å². The van der Waals surface area contributed by atoms with Crippen molar-refractivity contribution in [2.24, 2.45) is 0 Å². The number of aromatic hydroxyl groups is 1. The molecule has 0 aliphatic rings. The summed E-state index contributed by atoms with van der Waals surface area (Å²) in [6.45, 7) is 8.30. The molecule has 220 valence electrons. The third-order valence-electron chi connectivity index (χ3n) is 7.76. The van der Waals surface area contributed by atoms with Gasteiger partial charge in [-0.3, -0.25) is 4.79 Å². The molecule has 0 saturated heterocycles. The van der Waals surface area contributed by atoms with Crippen molar-refractivity contribution in [1.29, 1.82) is 0 Å². The SMILES string of the molecule is CCC(CC(CC(C)c1ccc(OC(C)=O)cc1)c1ccc(O)cc1)c1ccc(OC(C)OCc2ccccc2)cc1. The Balaban J connectivity index is 1.42. The molecule has 0 fully saturated rings. The number of esters is 1. The number of carbonyl (C=O) groups is 1. The molecule has 5 heteroatoms. The van der Waals surface area contributed by atoms with Crippen molar-refractivity contribution in [2.45, 2.75) is 77.6 Å². The first-order valence-corrected chi connectivity index (χ1v) is 14.8. The van der Waals surface area contributed by atoms with Gasteiger partial charge in [0.15, 0.2) is 6.29 Å². The van der Waals surface area contributed by atoms with Gasteiger partial charge in [0.25, 0.3) is 0 Å². The predicted octanol–water partition coefficient (Wildman–Crippen LogP) is 9.12. The number of benzene rings is 4. The summed E-state index contributed by atoms with van der Waals surface area (Å²) in [7, 11) is 0. The zero-order valence-corrected chi connectivity index (χ0v) is 25.0. The highest BCUT2D eigenvalue weighted by Crippen LogP contribution is 2.39. The van der Waals surface area contributed by atoms with E-state index in [1.807, 2.05) is 85.8 Å². The van der Waals surface area contributed by atoms with Gasteiger partial charge in [0.05, 0.1) is 6.61 Å². The minimum absolute atomic E-state index is 0.274. The molecule has 0 amide bonds. The van der Waals surface area contributed by atoms with E-state index in [9.17, 15) is 9.90 Å². The van der Waals surface area contributed by atoms with Crippen LogP contribution in [-0.4, -0.2) is 17.4 Å². The molecule has 0 bridgehead atoms. The Morgan fingerprint density at radius 2 is 1.29 bits per heavy atom. The smallest absolute Gasteiger partial charge is 0.308 e. The summed E-state index contributed by atoms with van der Waals surface area (Å²) in [5, 5.41) is 9.92. The highest BCUT2D eigenvalue weighted by Gasteiger charge is 2.22. The van der Waals surface area contributed by atoms with Crippen LogP contribution < -0.4 is 9.47 Å². The molecule has 1 N–H and O–H groups in total. The second-order valence-corrected chi connectivity index (χ2v) is 11.0. The Hall–Kier alpha value is -4.09. The molecule has 0 aliphatic carbocycles. The maximum atomic E-state index is 11.3. The Morgan fingerprint density at radius 1 is 0.714 bits per heavy atom. The summed E-state index contributed by atoms with van der Waals surface area (Å²) in [5.41, 5.74) is 4.82. The van der Waals surface area contributed by atoms with Gasteiger partial charge in [0, 0.05) is 6.92 Å². The van der Waals surface area contributed by atoms with Crippen LogP contribution in [0, 0.1) is 0 Å². The summed E-state index contributed by atoms with van der Waals surface area (Å²) >= 11 is 0. The quantitative estimate of drug-likeness (QED) is 0.0937. The van der Waals surface area contributed by atoms with Gasteiger partial charge < -0.3 is 19.3 Å². The average molecular weight is 567 g/mol. The summed E-state index contributed by atoms with van der Waals surface area (Å²) in [6.07, 6.45) is 2.58. The molecular weight excluding hydrogens is 524 g/mol. The van der Waals surface area contributed by atoms with Gasteiger partial charge >= 0.3 is 5.97 Å². The minimum Gasteiger partial charge on any atom is -0.508 e. The van der Waals surface area contributed by atoms with Gasteiger partial charge in [-0.1, -0.05) is 80.6 Å². The van der Waals surface area contributed by atoms with Crippen LogP contribution in [0.25, 0.3) is 0 Å². The predicted molar refractivity (Wildman–Crippen MR) is 167 cm³/mol. The van der Waals surface area contributed by atoms with Gasteiger partial charge in [0.2, 0.25) is 0 Å². The van der Waals surface area contributed by atoms with Crippen molar-refractivity contribution in [3.8, 4) is 17.2 Å². The van der Waals surface area contributed by atoms with Gasteiger partial charge in [-0.05, 0) is 103 Å². The van der Waals surface area contributed by atoms with Crippen molar-refractivity contribution in [2.75, 3.05) is 0 Å². The third kappa shape index (κ3) is 9.22. The second kappa shape index (κ2) is 15.2. The van der Waals surface area contributed by atoms with Crippen LogP contribution in [0.1, 0.15) is 87.0 Å². The topological polar surface area (TPSA) is 65.0 Å². The zero-order valence-electron chi connectivity index (χ0n) is 25.0. The average Bonchev–Trinajstić information content (AvgIpc) is 2.99. The van der Waals surface area contributed by atoms with Gasteiger partial charge in [-0.2, -0.15) is 0 Å². The van der Waals surface area contributed by atoms with E-state index < -0.39 is 0 Å². The van der Waals surface area contributed by atoms with E-state index in [1.54, 1.807) is 12.1 Å². The molecule has 0 aromatic heterocycles. The summed E-state index contributed by atoms with van der Waals surface area (Å²) in [6, 6.07) is 33.9. The monoisotopic (exact) mass is 566 g/mol. The number of ether oxygens (including phenoxy) is 3. The normalized spacial score (nSPS) is 14.0. The second-order valence-electron chi connectivity index (χ2n) is 11.0. The molecule has 0 radical (unpaired) electrons. The molecule has 0 aliphatic heterocycles. The van der Waals surface area contributed by atoms with E-state index in [-0.39, 0.29) is 18.0 Å². The van der Waals surface area contributed by atoms with Gasteiger partial charge in [-0.15, -0.1) is 0 Å². The van der Waals surface area contributed by atoms with Gasteiger partial charge in [0.1, 0.15) is 17.2 Å². The van der Waals surface area contributed by atoms with Crippen LogP contribution in [0.5, 0.6) is 17.2 Å². The van der Waals surface area contributed by atoms with Crippen LogP contribution in [-0.2, 0) is 16.1 Å². The molecule has 4 unspecified atom stereocenters. The first-order valence-electron chi connectivity index (χ1n) is 14.8. The molecule has 42 heavy (non-hydrogen) atoms. The minimum atomic E-state index is -0.360. The Morgan fingerprint density at radius 3 is 1.90 bits per heavy atom. The van der Waals surface area contributed by atoms with Crippen molar-refractivity contribution in [1.82, 2.24) is 0 Å². The van der Waals surface area contributed by atoms with E-state index in [1.165, 1.54) is 23.6 Å².